The van der Waals surface area contributed by atoms with E-state index in [4.69, 9.17) is 0 Å². The van der Waals surface area contributed by atoms with Gasteiger partial charge < -0.3 is 10.0 Å². The van der Waals surface area contributed by atoms with Crippen molar-refractivity contribution in [3.63, 3.8) is 0 Å². The van der Waals surface area contributed by atoms with Gasteiger partial charge in [0.25, 0.3) is 0 Å². The van der Waals surface area contributed by atoms with Crippen LogP contribution in [0.15, 0.2) is 18.5 Å². The van der Waals surface area contributed by atoms with E-state index in [1.165, 1.54) is 25.7 Å². The molecule has 1 saturated heterocycles. The number of aliphatic hydroxyl groups excluding tert-OH is 1. The first-order valence-corrected chi connectivity index (χ1v) is 6.63. The van der Waals surface area contributed by atoms with Gasteiger partial charge in [0.2, 0.25) is 0 Å². The van der Waals surface area contributed by atoms with E-state index in [0.29, 0.717) is 0 Å². The van der Waals surface area contributed by atoms with Crippen molar-refractivity contribution in [2.75, 3.05) is 18.0 Å². The van der Waals surface area contributed by atoms with Crippen LogP contribution in [-0.2, 0) is 6.61 Å². The molecule has 1 aliphatic heterocycles. The van der Waals surface area contributed by atoms with E-state index < -0.39 is 0 Å². The van der Waals surface area contributed by atoms with Crippen LogP contribution in [-0.4, -0.2) is 23.2 Å². The van der Waals surface area contributed by atoms with Gasteiger partial charge in [0.15, 0.2) is 0 Å². The summed E-state index contributed by atoms with van der Waals surface area (Å²) in [5, 5.41) is 9.33. The Hall–Kier alpha value is -1.09. The van der Waals surface area contributed by atoms with E-state index >= 15 is 0 Å². The fourth-order valence-corrected chi connectivity index (χ4v) is 2.70. The molecule has 2 heterocycles. The lowest BCUT2D eigenvalue weighted by Crippen LogP contribution is -2.34. The van der Waals surface area contributed by atoms with Crippen LogP contribution in [0.4, 0.5) is 5.69 Å². The summed E-state index contributed by atoms with van der Waals surface area (Å²) in [6.07, 6.45) is 8.82. The third-order valence-corrected chi connectivity index (χ3v) is 3.71. The average Bonchev–Trinajstić information content (AvgIpc) is 2.40. The maximum atomic E-state index is 9.33. The van der Waals surface area contributed by atoms with Crippen molar-refractivity contribution in [2.24, 2.45) is 5.92 Å². The molecule has 1 aromatic rings. The fraction of sp³-hybridized carbons (Fsp3) is 0.643. The van der Waals surface area contributed by atoms with Crippen molar-refractivity contribution in [1.29, 1.82) is 0 Å². The first-order valence-electron chi connectivity index (χ1n) is 6.63. The minimum absolute atomic E-state index is 0.104. The Kier molecular flexibility index (Phi) is 4.37. The Labute approximate surface area is 103 Å². The number of aromatic nitrogens is 1. The van der Waals surface area contributed by atoms with Gasteiger partial charge in [-0.3, -0.25) is 4.98 Å². The quantitative estimate of drug-likeness (QED) is 0.870. The van der Waals surface area contributed by atoms with Crippen molar-refractivity contribution in [3.8, 4) is 0 Å². The molecule has 1 aromatic heterocycles. The molecule has 0 unspecified atom stereocenters. The number of piperidine rings is 1. The summed E-state index contributed by atoms with van der Waals surface area (Å²) in [4.78, 5) is 6.54. The zero-order valence-corrected chi connectivity index (χ0v) is 10.6. The molecule has 1 aliphatic rings. The van der Waals surface area contributed by atoms with Crippen LogP contribution in [0.5, 0.6) is 0 Å². The highest BCUT2D eigenvalue weighted by molar-refractivity contribution is 5.51. The highest BCUT2D eigenvalue weighted by Crippen LogP contribution is 2.27. The van der Waals surface area contributed by atoms with Crippen LogP contribution in [0.2, 0.25) is 0 Å². The molecule has 3 heteroatoms. The highest BCUT2D eigenvalue weighted by Gasteiger charge is 2.20. The second kappa shape index (κ2) is 6.01. The lowest BCUT2D eigenvalue weighted by atomic mass is 9.92. The third kappa shape index (κ3) is 2.97. The first kappa shape index (κ1) is 12.4. The lowest BCUT2D eigenvalue weighted by molar-refractivity contribution is 0.281. The number of rotatable bonds is 4. The van der Waals surface area contributed by atoms with Crippen molar-refractivity contribution >= 4 is 5.69 Å². The SMILES string of the molecule is CCCC1CCN(c2cnccc2CO)CC1. The smallest absolute Gasteiger partial charge is 0.0703 e. The maximum absolute atomic E-state index is 9.33. The van der Waals surface area contributed by atoms with Crippen LogP contribution in [0.25, 0.3) is 0 Å². The van der Waals surface area contributed by atoms with Gasteiger partial charge in [0.1, 0.15) is 0 Å². The summed E-state index contributed by atoms with van der Waals surface area (Å²) in [7, 11) is 0. The van der Waals surface area contributed by atoms with Gasteiger partial charge in [-0.1, -0.05) is 19.8 Å². The molecule has 2 rings (SSSR count). The Balaban J connectivity index is 2.00. The molecule has 0 atom stereocenters. The number of hydrogen-bond donors (Lipinski definition) is 1. The number of nitrogens with zero attached hydrogens (tertiary/aromatic N) is 2. The lowest BCUT2D eigenvalue weighted by Gasteiger charge is -2.34. The Morgan fingerprint density at radius 1 is 1.41 bits per heavy atom. The van der Waals surface area contributed by atoms with E-state index in [-0.39, 0.29) is 6.61 Å². The Bertz CT molecular complexity index is 346. The number of pyridine rings is 1. The normalized spacial score (nSPS) is 17.4. The van der Waals surface area contributed by atoms with Gasteiger partial charge in [-0.05, 0) is 24.8 Å². The topological polar surface area (TPSA) is 36.4 Å². The largest absolute Gasteiger partial charge is 0.392 e. The van der Waals surface area contributed by atoms with Crippen molar-refractivity contribution in [3.05, 3.63) is 24.0 Å². The maximum Gasteiger partial charge on any atom is 0.0703 e. The van der Waals surface area contributed by atoms with Gasteiger partial charge >= 0.3 is 0 Å². The Morgan fingerprint density at radius 3 is 2.82 bits per heavy atom. The van der Waals surface area contributed by atoms with Gasteiger partial charge in [-0.2, -0.15) is 0 Å². The first-order chi connectivity index (χ1) is 8.35. The Morgan fingerprint density at radius 2 is 2.18 bits per heavy atom. The molecule has 0 saturated carbocycles. The van der Waals surface area contributed by atoms with Crippen LogP contribution < -0.4 is 4.90 Å². The molecule has 0 aromatic carbocycles. The van der Waals surface area contributed by atoms with Crippen molar-refractivity contribution < 1.29 is 5.11 Å². The fourth-order valence-electron chi connectivity index (χ4n) is 2.70. The molecule has 0 bridgehead atoms. The second-order valence-electron chi connectivity index (χ2n) is 4.88. The predicted octanol–water partition coefficient (Wildman–Crippen LogP) is 2.59. The standard InChI is InChI=1S/C14H22N2O/c1-2-3-12-5-8-16(9-6-12)14-10-15-7-4-13(14)11-17/h4,7,10,12,17H,2-3,5-6,8-9,11H2,1H3. The molecule has 0 aliphatic carbocycles. The van der Waals surface area contributed by atoms with Crippen LogP contribution in [0.3, 0.4) is 0 Å². The minimum Gasteiger partial charge on any atom is -0.392 e. The van der Waals surface area contributed by atoms with E-state index in [1.807, 2.05) is 12.3 Å². The molecule has 0 radical (unpaired) electrons. The molecule has 0 amide bonds. The molecule has 1 N–H and O–H groups in total. The average molecular weight is 234 g/mol. The van der Waals surface area contributed by atoms with E-state index in [9.17, 15) is 5.11 Å². The van der Waals surface area contributed by atoms with Crippen LogP contribution in [0.1, 0.15) is 38.2 Å². The van der Waals surface area contributed by atoms with E-state index in [1.54, 1.807) is 6.20 Å². The number of anilines is 1. The molecule has 3 nitrogen and oxygen atoms in total. The molecule has 1 fully saturated rings. The summed E-state index contributed by atoms with van der Waals surface area (Å²) < 4.78 is 0. The molecule has 0 spiro atoms. The second-order valence-corrected chi connectivity index (χ2v) is 4.88. The highest BCUT2D eigenvalue weighted by atomic mass is 16.3. The monoisotopic (exact) mass is 234 g/mol. The number of aliphatic hydroxyl groups is 1. The van der Waals surface area contributed by atoms with Gasteiger partial charge in [-0.25, -0.2) is 0 Å². The van der Waals surface area contributed by atoms with Gasteiger partial charge in [0, 0.05) is 24.8 Å². The molecule has 17 heavy (non-hydrogen) atoms. The molecule has 94 valence electrons. The minimum atomic E-state index is 0.104. The zero-order chi connectivity index (χ0) is 12.1. The molecular formula is C14H22N2O. The van der Waals surface area contributed by atoms with Crippen molar-refractivity contribution in [1.82, 2.24) is 4.98 Å². The molecular weight excluding hydrogens is 212 g/mol. The van der Waals surface area contributed by atoms with Gasteiger partial charge in [0.05, 0.1) is 18.5 Å². The summed E-state index contributed by atoms with van der Waals surface area (Å²) in [6, 6.07) is 1.91. The van der Waals surface area contributed by atoms with Crippen molar-refractivity contribution in [2.45, 2.75) is 39.2 Å². The zero-order valence-electron chi connectivity index (χ0n) is 10.6. The summed E-state index contributed by atoms with van der Waals surface area (Å²) in [6.45, 7) is 4.57. The third-order valence-electron chi connectivity index (χ3n) is 3.71. The van der Waals surface area contributed by atoms with Crippen LogP contribution >= 0.6 is 0 Å². The summed E-state index contributed by atoms with van der Waals surface area (Å²) >= 11 is 0. The summed E-state index contributed by atoms with van der Waals surface area (Å²) in [5.74, 6) is 0.894. The van der Waals surface area contributed by atoms with Crippen LogP contribution in [0, 0.1) is 5.92 Å². The summed E-state index contributed by atoms with van der Waals surface area (Å²) in [5.41, 5.74) is 2.11. The predicted molar refractivity (Wildman–Crippen MR) is 70.0 cm³/mol. The number of hydrogen-bond acceptors (Lipinski definition) is 3. The van der Waals surface area contributed by atoms with E-state index in [0.717, 1.165) is 30.3 Å². The van der Waals surface area contributed by atoms with Gasteiger partial charge in [-0.15, -0.1) is 0 Å². The van der Waals surface area contributed by atoms with E-state index in [2.05, 4.69) is 16.8 Å².